The Labute approximate surface area is 176 Å². The molecule has 1 amide bonds. The van der Waals surface area contributed by atoms with Crippen molar-refractivity contribution in [3.63, 3.8) is 0 Å². The summed E-state index contributed by atoms with van der Waals surface area (Å²) >= 11 is 0. The minimum Gasteiger partial charge on any atom is -0.338 e. The summed E-state index contributed by atoms with van der Waals surface area (Å²) in [5, 5.41) is 7.13. The Bertz CT molecular complexity index is 980. The number of para-hydroxylation sites is 1. The zero-order valence-corrected chi connectivity index (χ0v) is 17.4. The Kier molecular flexibility index (Phi) is 6.21. The van der Waals surface area contributed by atoms with Crippen LogP contribution in [0, 0.1) is 6.92 Å². The number of nitrogens with one attached hydrogen (secondary N) is 1. The van der Waals surface area contributed by atoms with E-state index in [1.807, 2.05) is 68.4 Å². The first-order valence-corrected chi connectivity index (χ1v) is 10.3. The molecule has 1 fully saturated rings. The monoisotopic (exact) mass is 405 g/mol. The number of nitrogens with zero attached hydrogens (tertiary/aromatic N) is 4. The van der Waals surface area contributed by atoms with Gasteiger partial charge < -0.3 is 9.84 Å². The lowest BCUT2D eigenvalue weighted by Crippen LogP contribution is -2.52. The zero-order valence-electron chi connectivity index (χ0n) is 17.4. The Hall–Kier alpha value is -3.03. The van der Waals surface area contributed by atoms with Crippen LogP contribution < -0.4 is 5.32 Å². The number of anilines is 1. The summed E-state index contributed by atoms with van der Waals surface area (Å²) in [4.78, 5) is 21.6. The third-order valence-electron chi connectivity index (χ3n) is 5.59. The molecular weight excluding hydrogens is 378 g/mol. The Morgan fingerprint density at radius 3 is 2.50 bits per heavy atom. The molecule has 30 heavy (non-hydrogen) atoms. The lowest BCUT2D eigenvalue weighted by molar-refractivity contribution is -0.121. The van der Waals surface area contributed by atoms with E-state index in [1.165, 1.54) is 0 Å². The van der Waals surface area contributed by atoms with Gasteiger partial charge in [-0.25, -0.2) is 0 Å². The third kappa shape index (κ3) is 4.75. The number of benzene rings is 2. The van der Waals surface area contributed by atoms with E-state index < -0.39 is 0 Å². The number of hydrogen-bond donors (Lipinski definition) is 1. The first kappa shape index (κ1) is 20.3. The zero-order chi connectivity index (χ0) is 20.9. The van der Waals surface area contributed by atoms with Gasteiger partial charge in [-0.1, -0.05) is 47.6 Å². The van der Waals surface area contributed by atoms with E-state index in [1.54, 1.807) is 0 Å². The van der Waals surface area contributed by atoms with Gasteiger partial charge >= 0.3 is 0 Å². The molecule has 1 aliphatic rings. The fourth-order valence-corrected chi connectivity index (χ4v) is 3.69. The first-order chi connectivity index (χ1) is 14.6. The standard InChI is InChI=1S/C23H27N5O2/c1-17-8-6-7-11-20(17)22-25-21(30-26-22)16-27-12-14-28(15-13-27)18(2)23(29)24-19-9-4-3-5-10-19/h3-11,18H,12-16H2,1-2H3,(H,24,29). The van der Waals surface area contributed by atoms with Crippen LogP contribution in [0.5, 0.6) is 0 Å². The van der Waals surface area contributed by atoms with E-state index in [-0.39, 0.29) is 11.9 Å². The van der Waals surface area contributed by atoms with Crippen LogP contribution in [0.2, 0.25) is 0 Å². The van der Waals surface area contributed by atoms with Crippen LogP contribution in [0.15, 0.2) is 59.1 Å². The quantitative estimate of drug-likeness (QED) is 0.679. The SMILES string of the molecule is Cc1ccccc1-c1noc(CN2CCN(C(C)C(=O)Nc3ccccc3)CC2)n1. The number of rotatable bonds is 6. The van der Waals surface area contributed by atoms with Gasteiger partial charge in [0.25, 0.3) is 0 Å². The summed E-state index contributed by atoms with van der Waals surface area (Å²) in [6.07, 6.45) is 0. The molecule has 1 N–H and O–H groups in total. The Morgan fingerprint density at radius 1 is 1.07 bits per heavy atom. The first-order valence-electron chi connectivity index (χ1n) is 10.3. The highest BCUT2D eigenvalue weighted by molar-refractivity contribution is 5.94. The summed E-state index contributed by atoms with van der Waals surface area (Å²) in [5.41, 5.74) is 2.95. The molecule has 7 nitrogen and oxygen atoms in total. The molecule has 2 aromatic carbocycles. The van der Waals surface area contributed by atoms with Gasteiger partial charge in [-0.3, -0.25) is 14.6 Å². The number of piperazine rings is 1. The van der Waals surface area contributed by atoms with Crippen LogP contribution in [0.4, 0.5) is 5.69 Å². The molecule has 3 aromatic rings. The van der Waals surface area contributed by atoms with E-state index in [9.17, 15) is 4.79 Å². The molecule has 4 rings (SSSR count). The van der Waals surface area contributed by atoms with Gasteiger partial charge in [0, 0.05) is 37.4 Å². The van der Waals surface area contributed by atoms with Crippen LogP contribution in [0.1, 0.15) is 18.4 Å². The third-order valence-corrected chi connectivity index (χ3v) is 5.59. The van der Waals surface area contributed by atoms with Crippen molar-refractivity contribution in [3.8, 4) is 11.4 Å². The van der Waals surface area contributed by atoms with Crippen molar-refractivity contribution in [1.29, 1.82) is 0 Å². The number of carbonyl (C=O) groups excluding carboxylic acids is 1. The molecule has 0 spiro atoms. The van der Waals surface area contributed by atoms with E-state index >= 15 is 0 Å². The summed E-state index contributed by atoms with van der Waals surface area (Å²) in [6, 6.07) is 17.4. The molecule has 1 aromatic heterocycles. The van der Waals surface area contributed by atoms with E-state index in [2.05, 4.69) is 25.3 Å². The van der Waals surface area contributed by atoms with Crippen LogP contribution in [0.3, 0.4) is 0 Å². The molecule has 0 saturated carbocycles. The molecule has 0 bridgehead atoms. The number of carbonyl (C=O) groups is 1. The van der Waals surface area contributed by atoms with Gasteiger partial charge in [-0.05, 0) is 31.5 Å². The molecule has 1 aliphatic heterocycles. The minimum absolute atomic E-state index is 0.0226. The van der Waals surface area contributed by atoms with Gasteiger partial charge in [0.1, 0.15) is 0 Å². The van der Waals surface area contributed by atoms with Crippen molar-refractivity contribution in [3.05, 3.63) is 66.1 Å². The molecule has 1 atom stereocenters. The second kappa shape index (κ2) is 9.19. The lowest BCUT2D eigenvalue weighted by atomic mass is 10.1. The highest BCUT2D eigenvalue weighted by atomic mass is 16.5. The van der Waals surface area contributed by atoms with Gasteiger partial charge in [-0.2, -0.15) is 4.98 Å². The molecule has 0 aliphatic carbocycles. The lowest BCUT2D eigenvalue weighted by Gasteiger charge is -2.36. The Balaban J connectivity index is 1.29. The fraction of sp³-hybridized carbons (Fsp3) is 0.348. The maximum Gasteiger partial charge on any atom is 0.241 e. The predicted octanol–water partition coefficient (Wildman–Crippen LogP) is 3.19. The molecular formula is C23H27N5O2. The summed E-state index contributed by atoms with van der Waals surface area (Å²) in [5.74, 6) is 1.28. The summed E-state index contributed by atoms with van der Waals surface area (Å²) < 4.78 is 5.48. The van der Waals surface area contributed by atoms with Crippen molar-refractivity contribution in [1.82, 2.24) is 19.9 Å². The number of amides is 1. The molecule has 7 heteroatoms. The average molecular weight is 406 g/mol. The van der Waals surface area contributed by atoms with Gasteiger partial charge in [-0.15, -0.1) is 0 Å². The molecule has 0 radical (unpaired) electrons. The number of hydrogen-bond acceptors (Lipinski definition) is 6. The highest BCUT2D eigenvalue weighted by Crippen LogP contribution is 2.20. The van der Waals surface area contributed by atoms with Gasteiger partial charge in [0.05, 0.1) is 12.6 Å². The topological polar surface area (TPSA) is 74.5 Å². The molecule has 2 heterocycles. The largest absolute Gasteiger partial charge is 0.338 e. The van der Waals surface area contributed by atoms with E-state index in [0.717, 1.165) is 43.0 Å². The normalized spacial score (nSPS) is 16.3. The maximum absolute atomic E-state index is 12.5. The number of aromatic nitrogens is 2. The number of aryl methyl sites for hydroxylation is 1. The molecule has 1 saturated heterocycles. The molecule has 1 unspecified atom stereocenters. The van der Waals surface area contributed by atoms with Gasteiger partial charge in [0.2, 0.25) is 17.6 Å². The van der Waals surface area contributed by atoms with Crippen LogP contribution in [0.25, 0.3) is 11.4 Å². The predicted molar refractivity (Wildman–Crippen MR) is 116 cm³/mol. The van der Waals surface area contributed by atoms with Gasteiger partial charge in [0.15, 0.2) is 0 Å². The van der Waals surface area contributed by atoms with Crippen molar-refractivity contribution < 1.29 is 9.32 Å². The van der Waals surface area contributed by atoms with Crippen molar-refractivity contribution in [2.24, 2.45) is 0 Å². The van der Waals surface area contributed by atoms with Crippen molar-refractivity contribution in [2.45, 2.75) is 26.4 Å². The van der Waals surface area contributed by atoms with Crippen LogP contribution >= 0.6 is 0 Å². The second-order valence-electron chi connectivity index (χ2n) is 7.67. The second-order valence-corrected chi connectivity index (χ2v) is 7.67. The summed E-state index contributed by atoms with van der Waals surface area (Å²) in [6.45, 7) is 7.97. The van der Waals surface area contributed by atoms with Crippen molar-refractivity contribution >= 4 is 11.6 Å². The minimum atomic E-state index is -0.177. The maximum atomic E-state index is 12.5. The van der Waals surface area contributed by atoms with E-state index in [4.69, 9.17) is 4.52 Å². The molecule has 156 valence electrons. The van der Waals surface area contributed by atoms with Crippen LogP contribution in [-0.4, -0.2) is 58.1 Å². The van der Waals surface area contributed by atoms with Crippen LogP contribution in [-0.2, 0) is 11.3 Å². The summed E-state index contributed by atoms with van der Waals surface area (Å²) in [7, 11) is 0. The fourth-order valence-electron chi connectivity index (χ4n) is 3.69. The van der Waals surface area contributed by atoms with E-state index in [0.29, 0.717) is 18.3 Å². The average Bonchev–Trinajstić information content (AvgIpc) is 3.23. The Morgan fingerprint density at radius 2 is 1.77 bits per heavy atom. The highest BCUT2D eigenvalue weighted by Gasteiger charge is 2.26. The smallest absolute Gasteiger partial charge is 0.241 e. The van der Waals surface area contributed by atoms with Crippen molar-refractivity contribution in [2.75, 3.05) is 31.5 Å².